The van der Waals surface area contributed by atoms with E-state index in [1.165, 1.54) is 0 Å². The van der Waals surface area contributed by atoms with Gasteiger partial charge < -0.3 is 15.3 Å². The molecule has 1 unspecified atom stereocenters. The lowest BCUT2D eigenvalue weighted by Crippen LogP contribution is -2.31. The Hall–Kier alpha value is -1.47. The molecule has 20 heavy (non-hydrogen) atoms. The summed E-state index contributed by atoms with van der Waals surface area (Å²) in [6, 6.07) is 5.71. The number of rotatable bonds is 8. The maximum absolute atomic E-state index is 10.2. The smallest absolute Gasteiger partial charge is 0.0802 e. The zero-order valence-corrected chi connectivity index (χ0v) is 11.4. The summed E-state index contributed by atoms with van der Waals surface area (Å²) in [5.74, 6) is 0. The summed E-state index contributed by atoms with van der Waals surface area (Å²) in [6.07, 6.45) is 1.73. The Morgan fingerprint density at radius 1 is 1.15 bits per heavy atom. The molecule has 110 valence electrons. The van der Waals surface area contributed by atoms with Crippen LogP contribution in [0.3, 0.4) is 0 Å². The molecule has 6 nitrogen and oxygen atoms in total. The SMILES string of the molecule is OCCN(CCO)CCC(O)c1ccc2[nH]ncc2c1. The first-order valence-electron chi connectivity index (χ1n) is 6.79. The molecule has 0 amide bonds. The van der Waals surface area contributed by atoms with Crippen LogP contribution in [0.5, 0.6) is 0 Å². The molecule has 1 aromatic carbocycles. The average molecular weight is 279 g/mol. The number of aliphatic hydroxyl groups is 3. The molecule has 4 N–H and O–H groups in total. The molecule has 0 saturated carbocycles. The second-order valence-corrected chi connectivity index (χ2v) is 4.81. The number of aliphatic hydroxyl groups excluding tert-OH is 3. The topological polar surface area (TPSA) is 92.6 Å². The normalized spacial score (nSPS) is 13.2. The van der Waals surface area contributed by atoms with Gasteiger partial charge in [0.2, 0.25) is 0 Å². The van der Waals surface area contributed by atoms with Crippen LogP contribution in [0.15, 0.2) is 24.4 Å². The van der Waals surface area contributed by atoms with Crippen molar-refractivity contribution < 1.29 is 15.3 Å². The predicted molar refractivity (Wildman–Crippen MR) is 76.3 cm³/mol. The van der Waals surface area contributed by atoms with Crippen molar-refractivity contribution in [3.05, 3.63) is 30.0 Å². The minimum atomic E-state index is -0.561. The number of nitrogens with zero attached hydrogens (tertiary/aromatic N) is 2. The van der Waals surface area contributed by atoms with E-state index in [2.05, 4.69) is 10.2 Å². The Labute approximate surface area is 117 Å². The molecule has 1 heterocycles. The Balaban J connectivity index is 1.94. The van der Waals surface area contributed by atoms with Gasteiger partial charge in [-0.25, -0.2) is 0 Å². The van der Waals surface area contributed by atoms with Crippen molar-refractivity contribution in [2.75, 3.05) is 32.8 Å². The van der Waals surface area contributed by atoms with Crippen molar-refractivity contribution in [1.29, 1.82) is 0 Å². The van der Waals surface area contributed by atoms with Crippen LogP contribution in [0.1, 0.15) is 18.1 Å². The second-order valence-electron chi connectivity index (χ2n) is 4.81. The van der Waals surface area contributed by atoms with Gasteiger partial charge in [0.1, 0.15) is 0 Å². The predicted octanol–water partition coefficient (Wildman–Crippen LogP) is 0.273. The van der Waals surface area contributed by atoms with Crippen LogP contribution in [-0.4, -0.2) is 63.3 Å². The summed E-state index contributed by atoms with van der Waals surface area (Å²) in [4.78, 5) is 1.93. The molecule has 0 radical (unpaired) electrons. The first-order valence-corrected chi connectivity index (χ1v) is 6.79. The standard InChI is InChI=1S/C14H21N3O3/c18-7-5-17(6-8-19)4-3-14(20)11-1-2-13-12(9-11)10-15-16-13/h1-2,9-10,14,18-20H,3-8H2,(H,15,16). The summed E-state index contributed by atoms with van der Waals surface area (Å²) in [5, 5.41) is 35.9. The number of hydrogen-bond donors (Lipinski definition) is 4. The zero-order valence-electron chi connectivity index (χ0n) is 11.4. The van der Waals surface area contributed by atoms with Gasteiger partial charge >= 0.3 is 0 Å². The van der Waals surface area contributed by atoms with Crippen molar-refractivity contribution in [3.8, 4) is 0 Å². The molecule has 2 aromatic rings. The molecule has 0 aliphatic heterocycles. The number of nitrogens with one attached hydrogen (secondary N) is 1. The van der Waals surface area contributed by atoms with Gasteiger partial charge in [-0.05, 0) is 24.1 Å². The number of benzene rings is 1. The quantitative estimate of drug-likeness (QED) is 0.557. The first kappa shape index (κ1) is 14.9. The fourth-order valence-corrected chi connectivity index (χ4v) is 2.26. The van der Waals surface area contributed by atoms with Crippen molar-refractivity contribution in [2.45, 2.75) is 12.5 Å². The number of H-pyrrole nitrogens is 1. The summed E-state index contributed by atoms with van der Waals surface area (Å²) in [6.45, 7) is 1.75. The van der Waals surface area contributed by atoms with Crippen LogP contribution in [0.4, 0.5) is 0 Å². The molecule has 0 spiro atoms. The van der Waals surface area contributed by atoms with E-state index in [1.807, 2.05) is 23.1 Å². The second kappa shape index (κ2) is 7.35. The number of hydrogen-bond acceptors (Lipinski definition) is 5. The van der Waals surface area contributed by atoms with Crippen molar-refractivity contribution in [1.82, 2.24) is 15.1 Å². The third-order valence-corrected chi connectivity index (χ3v) is 3.40. The highest BCUT2D eigenvalue weighted by Gasteiger charge is 2.11. The largest absolute Gasteiger partial charge is 0.395 e. The molecule has 0 aliphatic rings. The van der Waals surface area contributed by atoms with Gasteiger partial charge in [0.15, 0.2) is 0 Å². The van der Waals surface area contributed by atoms with Crippen molar-refractivity contribution in [3.63, 3.8) is 0 Å². The molecule has 0 saturated heterocycles. The van der Waals surface area contributed by atoms with E-state index in [1.54, 1.807) is 6.20 Å². The Morgan fingerprint density at radius 2 is 1.90 bits per heavy atom. The van der Waals surface area contributed by atoms with Crippen molar-refractivity contribution >= 4 is 10.9 Å². The highest BCUT2D eigenvalue weighted by atomic mass is 16.3. The van der Waals surface area contributed by atoms with Gasteiger partial charge in [-0.15, -0.1) is 0 Å². The third kappa shape index (κ3) is 3.77. The molecule has 6 heteroatoms. The van der Waals surface area contributed by atoms with E-state index < -0.39 is 6.10 Å². The Kier molecular flexibility index (Phi) is 5.49. The lowest BCUT2D eigenvalue weighted by molar-refractivity contribution is 0.118. The van der Waals surface area contributed by atoms with Crippen LogP contribution >= 0.6 is 0 Å². The van der Waals surface area contributed by atoms with Crippen LogP contribution in [0.25, 0.3) is 10.9 Å². The monoisotopic (exact) mass is 279 g/mol. The van der Waals surface area contributed by atoms with E-state index in [0.29, 0.717) is 26.1 Å². The lowest BCUT2D eigenvalue weighted by Gasteiger charge is -2.21. The minimum Gasteiger partial charge on any atom is -0.395 e. The lowest BCUT2D eigenvalue weighted by atomic mass is 10.0. The van der Waals surface area contributed by atoms with Gasteiger partial charge in [-0.1, -0.05) is 6.07 Å². The van der Waals surface area contributed by atoms with E-state index >= 15 is 0 Å². The maximum atomic E-state index is 10.2. The van der Waals surface area contributed by atoms with Crippen LogP contribution in [0, 0.1) is 0 Å². The number of aromatic amines is 1. The highest BCUT2D eigenvalue weighted by Crippen LogP contribution is 2.21. The van der Waals surface area contributed by atoms with Gasteiger partial charge in [-0.2, -0.15) is 5.10 Å². The zero-order chi connectivity index (χ0) is 14.4. The summed E-state index contributed by atoms with van der Waals surface area (Å²) in [7, 11) is 0. The molecule has 1 aromatic heterocycles. The van der Waals surface area contributed by atoms with Gasteiger partial charge in [0.05, 0.1) is 31.0 Å². The number of aromatic nitrogens is 2. The summed E-state index contributed by atoms with van der Waals surface area (Å²) < 4.78 is 0. The third-order valence-electron chi connectivity index (χ3n) is 3.40. The van der Waals surface area contributed by atoms with E-state index in [-0.39, 0.29) is 13.2 Å². The molecule has 0 fully saturated rings. The molecule has 0 bridgehead atoms. The number of fused-ring (bicyclic) bond motifs is 1. The van der Waals surface area contributed by atoms with Crippen LogP contribution < -0.4 is 0 Å². The van der Waals surface area contributed by atoms with E-state index in [0.717, 1.165) is 16.5 Å². The van der Waals surface area contributed by atoms with Crippen LogP contribution in [0.2, 0.25) is 0 Å². The van der Waals surface area contributed by atoms with Gasteiger partial charge in [0, 0.05) is 25.0 Å². The molecule has 0 aliphatic carbocycles. The fraction of sp³-hybridized carbons (Fsp3) is 0.500. The first-order chi connectivity index (χ1) is 9.74. The average Bonchev–Trinajstić information content (AvgIpc) is 2.92. The van der Waals surface area contributed by atoms with Crippen molar-refractivity contribution in [2.24, 2.45) is 0 Å². The Morgan fingerprint density at radius 3 is 2.60 bits per heavy atom. The molecular weight excluding hydrogens is 258 g/mol. The molecule has 1 atom stereocenters. The summed E-state index contributed by atoms with van der Waals surface area (Å²) >= 11 is 0. The van der Waals surface area contributed by atoms with Gasteiger partial charge in [-0.3, -0.25) is 10.00 Å². The Bertz CT molecular complexity index is 523. The van der Waals surface area contributed by atoms with E-state index in [4.69, 9.17) is 10.2 Å². The highest BCUT2D eigenvalue weighted by molar-refractivity contribution is 5.78. The van der Waals surface area contributed by atoms with Gasteiger partial charge in [0.25, 0.3) is 0 Å². The fourth-order valence-electron chi connectivity index (χ4n) is 2.26. The maximum Gasteiger partial charge on any atom is 0.0802 e. The molecular formula is C14H21N3O3. The minimum absolute atomic E-state index is 0.0527. The van der Waals surface area contributed by atoms with E-state index in [9.17, 15) is 5.11 Å². The van der Waals surface area contributed by atoms with Crippen LogP contribution in [-0.2, 0) is 0 Å². The molecule has 2 rings (SSSR count). The summed E-state index contributed by atoms with van der Waals surface area (Å²) in [5.41, 5.74) is 1.80.